The summed E-state index contributed by atoms with van der Waals surface area (Å²) in [6, 6.07) is 6.45. The van der Waals surface area contributed by atoms with Gasteiger partial charge in [-0.2, -0.15) is 0 Å². The summed E-state index contributed by atoms with van der Waals surface area (Å²) in [7, 11) is 0. The Balaban J connectivity index is 1.91. The second-order valence-corrected chi connectivity index (χ2v) is 5.53. The molecule has 0 fully saturated rings. The van der Waals surface area contributed by atoms with Gasteiger partial charge in [-0.15, -0.1) is 0 Å². The highest BCUT2D eigenvalue weighted by Crippen LogP contribution is 2.43. The van der Waals surface area contributed by atoms with Crippen molar-refractivity contribution in [2.24, 2.45) is 0 Å². The van der Waals surface area contributed by atoms with Crippen LogP contribution in [0.25, 0.3) is 0 Å². The van der Waals surface area contributed by atoms with Gasteiger partial charge in [0.2, 0.25) is 0 Å². The molecule has 0 bridgehead atoms. The lowest BCUT2D eigenvalue weighted by atomic mass is 10.3. The van der Waals surface area contributed by atoms with Crippen LogP contribution in [0.4, 0.5) is 10.6 Å². The highest BCUT2D eigenvalue weighted by Gasteiger charge is 2.45. The second kappa shape index (κ2) is 6.62. The molecule has 1 aliphatic heterocycles. The lowest BCUT2D eigenvalue weighted by Crippen LogP contribution is -2.61. The molecule has 2 aromatic rings. The average molecular weight is 370 g/mol. The number of alkyl carbamates (subject to hydrolysis) is 1. The quantitative estimate of drug-likeness (QED) is 0.800. The third-order valence-corrected chi connectivity index (χ3v) is 3.72. The van der Waals surface area contributed by atoms with Crippen molar-refractivity contribution in [2.75, 3.05) is 11.9 Å². The first-order valence-electron chi connectivity index (χ1n) is 7.02. The van der Waals surface area contributed by atoms with Crippen molar-refractivity contribution in [3.8, 4) is 11.5 Å². The zero-order valence-corrected chi connectivity index (χ0v) is 14.0. The normalized spacial score (nSPS) is 14.1. The number of amides is 1. The Kier molecular flexibility index (Phi) is 4.55. The predicted octanol–water partition coefficient (Wildman–Crippen LogP) is 3.63. The van der Waals surface area contributed by atoms with E-state index < -0.39 is 12.1 Å². The number of ether oxygens (including phenoxy) is 3. The molecule has 1 aromatic heterocycles. The summed E-state index contributed by atoms with van der Waals surface area (Å²) < 4.78 is 16.3. The molecule has 0 saturated heterocycles. The van der Waals surface area contributed by atoms with Gasteiger partial charge in [0.05, 0.1) is 16.7 Å². The summed E-state index contributed by atoms with van der Waals surface area (Å²) in [6.07, 6.45) is 0.849. The van der Waals surface area contributed by atoms with Crippen LogP contribution in [-0.2, 0) is 4.74 Å². The maximum absolute atomic E-state index is 11.9. The maximum Gasteiger partial charge on any atom is 0.436 e. The number of anilines is 1. The molecular weight excluding hydrogens is 357 g/mol. The fourth-order valence-corrected chi connectivity index (χ4v) is 2.35. The molecule has 2 N–H and O–H groups in total. The number of carbonyl (C=O) groups is 1. The first kappa shape index (κ1) is 16.5. The third kappa shape index (κ3) is 3.42. The van der Waals surface area contributed by atoms with Crippen molar-refractivity contribution in [3.63, 3.8) is 0 Å². The summed E-state index contributed by atoms with van der Waals surface area (Å²) in [5.41, 5.74) is 0. The first-order valence-corrected chi connectivity index (χ1v) is 7.78. The number of pyridine rings is 1. The molecule has 2 heterocycles. The average Bonchev–Trinajstić information content (AvgIpc) is 2.85. The molecule has 1 aromatic carbocycles. The van der Waals surface area contributed by atoms with Crippen LogP contribution in [-0.4, -0.2) is 23.7 Å². The minimum Gasteiger partial charge on any atom is -0.450 e. The standard InChI is InChI=1S/C15H13Cl2N3O4/c1-2-22-14(21)20-15(19-13-5-3-4-6-18-13)23-11-7-9(16)10(17)8-12(11)24-15/h3-8H,2H2,1H3,(H,18,19)(H,20,21). The van der Waals surface area contributed by atoms with Crippen molar-refractivity contribution in [2.45, 2.75) is 13.0 Å². The van der Waals surface area contributed by atoms with Crippen molar-refractivity contribution in [1.82, 2.24) is 10.3 Å². The number of fused-ring (bicyclic) bond motifs is 1. The van der Waals surface area contributed by atoms with Gasteiger partial charge in [0.1, 0.15) is 5.82 Å². The van der Waals surface area contributed by atoms with E-state index in [1.807, 2.05) is 0 Å². The van der Waals surface area contributed by atoms with Crippen molar-refractivity contribution < 1.29 is 19.0 Å². The molecule has 3 rings (SSSR count). The van der Waals surface area contributed by atoms with Gasteiger partial charge in [-0.25, -0.2) is 15.1 Å². The number of aromatic nitrogens is 1. The van der Waals surface area contributed by atoms with E-state index in [4.69, 9.17) is 37.4 Å². The van der Waals surface area contributed by atoms with E-state index in [0.29, 0.717) is 27.4 Å². The van der Waals surface area contributed by atoms with Crippen molar-refractivity contribution >= 4 is 35.1 Å². The lowest BCUT2D eigenvalue weighted by molar-refractivity contribution is -0.0772. The van der Waals surface area contributed by atoms with Crippen LogP contribution >= 0.6 is 23.2 Å². The number of nitrogens with one attached hydrogen (secondary N) is 2. The van der Waals surface area contributed by atoms with Gasteiger partial charge in [-0.3, -0.25) is 5.32 Å². The van der Waals surface area contributed by atoms with Crippen LogP contribution in [0, 0.1) is 0 Å². The second-order valence-electron chi connectivity index (χ2n) is 4.72. The fourth-order valence-electron chi connectivity index (χ4n) is 2.04. The number of benzene rings is 1. The summed E-state index contributed by atoms with van der Waals surface area (Å²) in [4.78, 5) is 16.0. The molecule has 9 heteroatoms. The number of hydrogen-bond acceptors (Lipinski definition) is 6. The summed E-state index contributed by atoms with van der Waals surface area (Å²) in [5.74, 6) is 1.04. The van der Waals surface area contributed by atoms with Crippen molar-refractivity contribution in [1.29, 1.82) is 0 Å². The minimum absolute atomic E-state index is 0.191. The molecule has 126 valence electrons. The van der Waals surface area contributed by atoms with Gasteiger partial charge in [-0.1, -0.05) is 29.3 Å². The Morgan fingerprint density at radius 2 is 1.92 bits per heavy atom. The first-order chi connectivity index (χ1) is 11.5. The molecule has 0 saturated carbocycles. The zero-order valence-electron chi connectivity index (χ0n) is 12.5. The van der Waals surface area contributed by atoms with Gasteiger partial charge < -0.3 is 14.2 Å². The molecule has 7 nitrogen and oxygen atoms in total. The fraction of sp³-hybridized carbons (Fsp3) is 0.200. The molecule has 24 heavy (non-hydrogen) atoms. The Morgan fingerprint density at radius 1 is 1.25 bits per heavy atom. The van der Waals surface area contributed by atoms with Gasteiger partial charge in [0.25, 0.3) is 0 Å². The smallest absolute Gasteiger partial charge is 0.436 e. The van der Waals surface area contributed by atoms with Crippen LogP contribution < -0.4 is 20.1 Å². The van der Waals surface area contributed by atoms with Crippen LogP contribution in [0.15, 0.2) is 36.5 Å². The monoisotopic (exact) mass is 369 g/mol. The molecule has 1 amide bonds. The Hall–Kier alpha value is -2.38. The number of hydrogen-bond donors (Lipinski definition) is 2. The van der Waals surface area contributed by atoms with Crippen molar-refractivity contribution in [3.05, 3.63) is 46.6 Å². The minimum atomic E-state index is -1.74. The Labute approximate surface area is 147 Å². The van der Waals surface area contributed by atoms with Gasteiger partial charge in [0, 0.05) is 18.3 Å². The van der Waals surface area contributed by atoms with Gasteiger partial charge >= 0.3 is 12.1 Å². The summed E-state index contributed by atoms with van der Waals surface area (Å²) in [5, 5.41) is 5.95. The number of nitrogens with zero attached hydrogens (tertiary/aromatic N) is 1. The van der Waals surface area contributed by atoms with Crippen LogP contribution in [0.3, 0.4) is 0 Å². The SMILES string of the molecule is CCOC(=O)NC1(Nc2ccccn2)Oc2cc(Cl)c(Cl)cc2O1. The number of halogens is 2. The molecule has 0 atom stereocenters. The lowest BCUT2D eigenvalue weighted by Gasteiger charge is -2.28. The molecule has 1 aliphatic rings. The predicted molar refractivity (Wildman–Crippen MR) is 88.5 cm³/mol. The largest absolute Gasteiger partial charge is 0.450 e. The van der Waals surface area contributed by atoms with Gasteiger partial charge in [0.15, 0.2) is 11.5 Å². The van der Waals surface area contributed by atoms with Gasteiger partial charge in [-0.05, 0) is 19.1 Å². The van der Waals surface area contributed by atoms with E-state index in [9.17, 15) is 4.79 Å². The maximum atomic E-state index is 11.9. The highest BCUT2D eigenvalue weighted by atomic mass is 35.5. The molecule has 0 unspecified atom stereocenters. The molecule has 0 spiro atoms. The zero-order chi connectivity index (χ0) is 17.2. The summed E-state index contributed by atoms with van der Waals surface area (Å²) >= 11 is 12.0. The Bertz CT molecular complexity index is 727. The topological polar surface area (TPSA) is 81.7 Å². The van der Waals surface area contributed by atoms with Crippen LogP contribution in [0.1, 0.15) is 6.92 Å². The van der Waals surface area contributed by atoms with E-state index in [1.54, 1.807) is 31.3 Å². The Morgan fingerprint density at radius 3 is 2.46 bits per heavy atom. The van der Waals surface area contributed by atoms with E-state index in [1.165, 1.54) is 12.1 Å². The van der Waals surface area contributed by atoms with E-state index in [-0.39, 0.29) is 6.61 Å². The third-order valence-electron chi connectivity index (χ3n) is 2.99. The number of rotatable bonds is 4. The van der Waals surface area contributed by atoms with Crippen LogP contribution in [0.2, 0.25) is 10.0 Å². The van der Waals surface area contributed by atoms with E-state index >= 15 is 0 Å². The summed E-state index contributed by atoms with van der Waals surface area (Å²) in [6.45, 7) is 1.87. The van der Waals surface area contributed by atoms with Crippen LogP contribution in [0.5, 0.6) is 11.5 Å². The number of carbonyl (C=O) groups excluding carboxylic acids is 1. The highest BCUT2D eigenvalue weighted by molar-refractivity contribution is 6.42. The molecule has 0 aliphatic carbocycles. The van der Waals surface area contributed by atoms with E-state index in [0.717, 1.165) is 0 Å². The molecule has 0 radical (unpaired) electrons. The van der Waals surface area contributed by atoms with E-state index in [2.05, 4.69) is 15.6 Å². The molecular formula is C15H13Cl2N3O4.